The molecule has 0 bridgehead atoms. The number of amides is 3. The number of nitrogens with one attached hydrogen (secondary N) is 2. The fraction of sp³-hybridized carbons (Fsp3) is 0.381. The molecule has 3 aromatic carbocycles. The summed E-state index contributed by atoms with van der Waals surface area (Å²) in [5.74, 6) is -3.29. The zero-order valence-electron chi connectivity index (χ0n) is 33.3. The van der Waals surface area contributed by atoms with Gasteiger partial charge in [-0.3, -0.25) is 39.4 Å². The molecule has 3 amide bonds. The summed E-state index contributed by atoms with van der Waals surface area (Å²) in [6.07, 6.45) is -0.668. The van der Waals surface area contributed by atoms with Gasteiger partial charge in [-0.2, -0.15) is 0 Å². The first-order chi connectivity index (χ1) is 27.5. The van der Waals surface area contributed by atoms with Crippen LogP contribution in [0.2, 0.25) is 0 Å². The normalized spacial score (nSPS) is 20.2. The summed E-state index contributed by atoms with van der Waals surface area (Å²) in [5, 5.41) is 28.8. The molecule has 4 rings (SSSR count). The molecule has 4 atom stereocenters. The third kappa shape index (κ3) is 11.4. The van der Waals surface area contributed by atoms with Crippen LogP contribution in [0.4, 0.5) is 11.4 Å². The lowest BCUT2D eigenvalue weighted by Gasteiger charge is -2.32. The molecule has 308 valence electrons. The van der Waals surface area contributed by atoms with E-state index in [4.69, 9.17) is 14.2 Å². The minimum absolute atomic E-state index is 0.165. The van der Waals surface area contributed by atoms with Gasteiger partial charge in [0.2, 0.25) is 17.7 Å². The van der Waals surface area contributed by atoms with Crippen LogP contribution in [0.3, 0.4) is 0 Å². The van der Waals surface area contributed by atoms with Gasteiger partial charge in [-0.25, -0.2) is 0 Å². The van der Waals surface area contributed by atoms with Gasteiger partial charge in [-0.05, 0) is 43.0 Å². The van der Waals surface area contributed by atoms with Crippen LogP contribution < -0.4 is 10.6 Å². The molecule has 0 saturated carbocycles. The van der Waals surface area contributed by atoms with E-state index < -0.39 is 70.5 Å². The number of hydrogen-bond acceptors (Lipinski definition) is 11. The number of hydrogen-bond donors (Lipinski definition) is 2. The van der Waals surface area contributed by atoms with E-state index in [1.807, 2.05) is 0 Å². The van der Waals surface area contributed by atoms with Crippen molar-refractivity contribution in [3.63, 3.8) is 0 Å². The summed E-state index contributed by atoms with van der Waals surface area (Å²) in [7, 11) is 1.46. The number of para-hydroxylation sites is 2. The Morgan fingerprint density at radius 3 is 2.00 bits per heavy atom. The van der Waals surface area contributed by atoms with Crippen molar-refractivity contribution in [2.75, 3.05) is 13.6 Å². The highest BCUT2D eigenvalue weighted by molar-refractivity contribution is 5.93. The van der Waals surface area contributed by atoms with Crippen LogP contribution in [0.5, 0.6) is 0 Å². The Labute approximate surface area is 336 Å². The third-order valence-corrected chi connectivity index (χ3v) is 9.80. The molecule has 0 spiro atoms. The van der Waals surface area contributed by atoms with Gasteiger partial charge in [-0.15, -0.1) is 0 Å². The van der Waals surface area contributed by atoms with Crippen molar-refractivity contribution < 1.29 is 43.2 Å². The summed E-state index contributed by atoms with van der Waals surface area (Å²) < 4.78 is 18.4. The maximum absolute atomic E-state index is 13.4. The van der Waals surface area contributed by atoms with Gasteiger partial charge in [0.15, 0.2) is 6.29 Å². The Morgan fingerprint density at radius 1 is 0.914 bits per heavy atom. The van der Waals surface area contributed by atoms with E-state index in [0.29, 0.717) is 22.3 Å². The van der Waals surface area contributed by atoms with E-state index in [9.17, 15) is 39.4 Å². The summed E-state index contributed by atoms with van der Waals surface area (Å²) in [6, 6.07) is 17.2. The van der Waals surface area contributed by atoms with Crippen molar-refractivity contribution in [3.05, 3.63) is 133 Å². The van der Waals surface area contributed by atoms with Crippen LogP contribution in [0.25, 0.3) is 6.08 Å². The summed E-state index contributed by atoms with van der Waals surface area (Å²) in [6.45, 7) is 11.6. The van der Waals surface area contributed by atoms with Gasteiger partial charge in [0, 0.05) is 37.1 Å². The number of carbonyl (C=O) groups excluding carboxylic acids is 4. The van der Waals surface area contributed by atoms with Crippen molar-refractivity contribution in [1.29, 1.82) is 0 Å². The van der Waals surface area contributed by atoms with Crippen molar-refractivity contribution in [3.8, 4) is 0 Å². The lowest BCUT2D eigenvalue weighted by Crippen LogP contribution is -2.55. The molecule has 0 aliphatic carbocycles. The number of nitro groups is 2. The van der Waals surface area contributed by atoms with Gasteiger partial charge in [0.25, 0.3) is 11.4 Å². The molecule has 1 aliphatic rings. The lowest BCUT2D eigenvalue weighted by atomic mass is 9.88. The monoisotopic (exact) mass is 799 g/mol. The number of cyclic esters (lactones) is 1. The third-order valence-electron chi connectivity index (χ3n) is 9.80. The fourth-order valence-corrected chi connectivity index (χ4v) is 6.71. The lowest BCUT2D eigenvalue weighted by molar-refractivity contribution is -0.386. The summed E-state index contributed by atoms with van der Waals surface area (Å²) >= 11 is 0. The second kappa shape index (κ2) is 20.2. The number of rotatable bonds is 12. The van der Waals surface area contributed by atoms with E-state index in [-0.39, 0.29) is 48.1 Å². The Kier molecular flexibility index (Phi) is 15.5. The molecule has 58 heavy (non-hydrogen) atoms. The number of nitro benzene ring substituents is 2. The Hall–Kier alpha value is -6.26. The highest BCUT2D eigenvalue weighted by Crippen LogP contribution is 2.32. The van der Waals surface area contributed by atoms with Crippen LogP contribution in [-0.2, 0) is 46.6 Å². The van der Waals surface area contributed by atoms with Crippen molar-refractivity contribution in [2.24, 2.45) is 11.8 Å². The van der Waals surface area contributed by atoms with E-state index in [0.717, 1.165) is 0 Å². The molecule has 1 heterocycles. The first-order valence-electron chi connectivity index (χ1n) is 18.7. The summed E-state index contributed by atoms with van der Waals surface area (Å²) in [5.41, 5.74) is 2.10. The zero-order chi connectivity index (χ0) is 42.7. The predicted octanol–water partition coefficient (Wildman–Crippen LogP) is 5.95. The minimum atomic E-state index is -1.21. The molecule has 1 saturated heterocycles. The minimum Gasteiger partial charge on any atom is -0.456 e. The number of ether oxygens (including phenoxy) is 3. The van der Waals surface area contributed by atoms with Crippen LogP contribution >= 0.6 is 0 Å². The van der Waals surface area contributed by atoms with E-state index >= 15 is 0 Å². The van der Waals surface area contributed by atoms with Crippen LogP contribution in [-0.4, -0.2) is 70.2 Å². The Bertz CT molecular complexity index is 2000. The SMILES string of the molecule is C=C1CC(=O)N[C@@H](C)C(=O)N(C)[C@@H](C(C)C)C(=O)NCC(=O)O[C@@H](/C(C)=C/c2ccccc2C(OCc2ccccc2[N+](=O)[O-])OCc2ccccc2[N+](=O)[O-])[C@@H]1C. The van der Waals surface area contributed by atoms with Crippen LogP contribution in [0, 0.1) is 32.1 Å². The molecule has 1 fully saturated rings. The standard InChI is InChI=1S/C42H49N5O11/c1-25(2)38-40(50)43-22-37(49)58-39(28(5)26(3)21-36(48)44-29(6)41(51)45(38)7)27(4)20-30-14-8-11-17-33(30)42(56-23-31-15-9-12-18-34(31)46(52)53)57-24-32-16-10-13-19-35(32)47(54)55/h8-20,25,28-29,38-39,42H,3,21-24H2,1-2,4-7H3,(H,43,50)(H,44,48)/b27-20+/t28-,29+,38+,39+/m1/s1. The topological polar surface area (TPSA) is 210 Å². The average Bonchev–Trinajstić information content (AvgIpc) is 3.18. The van der Waals surface area contributed by atoms with Gasteiger partial charge in [0.1, 0.15) is 24.7 Å². The average molecular weight is 800 g/mol. The number of esters is 1. The molecule has 16 nitrogen and oxygen atoms in total. The second-order valence-electron chi connectivity index (χ2n) is 14.4. The first-order valence-corrected chi connectivity index (χ1v) is 18.7. The number of carbonyl (C=O) groups is 4. The molecule has 0 unspecified atom stereocenters. The number of benzene rings is 3. The first kappa shape index (κ1) is 44.5. The number of likely N-dealkylation sites (N-methyl/N-ethyl adjacent to an activating group) is 1. The Balaban J connectivity index is 1.73. The molecule has 0 radical (unpaired) electrons. The highest BCUT2D eigenvalue weighted by Gasteiger charge is 2.34. The van der Waals surface area contributed by atoms with E-state index in [1.54, 1.807) is 82.3 Å². The van der Waals surface area contributed by atoms with Crippen LogP contribution in [0.15, 0.2) is 90.5 Å². The summed E-state index contributed by atoms with van der Waals surface area (Å²) in [4.78, 5) is 76.9. The van der Waals surface area contributed by atoms with Crippen molar-refractivity contribution >= 4 is 41.1 Å². The molecule has 2 N–H and O–H groups in total. The molecular weight excluding hydrogens is 750 g/mol. The molecule has 0 aromatic heterocycles. The van der Waals surface area contributed by atoms with Gasteiger partial charge in [-0.1, -0.05) is 87.5 Å². The second-order valence-corrected chi connectivity index (χ2v) is 14.4. The maximum Gasteiger partial charge on any atom is 0.326 e. The van der Waals surface area contributed by atoms with Gasteiger partial charge in [0.05, 0.1) is 34.2 Å². The largest absolute Gasteiger partial charge is 0.456 e. The smallest absolute Gasteiger partial charge is 0.326 e. The Morgan fingerprint density at radius 2 is 1.45 bits per heavy atom. The molecular formula is C42H49N5O11. The maximum atomic E-state index is 13.4. The quantitative estimate of drug-likeness (QED) is 0.0719. The van der Waals surface area contributed by atoms with E-state index in [1.165, 1.54) is 43.1 Å². The molecule has 1 aliphatic heterocycles. The van der Waals surface area contributed by atoms with Crippen LogP contribution in [0.1, 0.15) is 69.6 Å². The predicted molar refractivity (Wildman–Crippen MR) is 213 cm³/mol. The van der Waals surface area contributed by atoms with Crippen molar-refractivity contribution in [2.45, 2.75) is 78.7 Å². The zero-order valence-corrected chi connectivity index (χ0v) is 33.3. The molecule has 16 heteroatoms. The van der Waals surface area contributed by atoms with Gasteiger partial charge >= 0.3 is 5.97 Å². The van der Waals surface area contributed by atoms with Gasteiger partial charge < -0.3 is 29.7 Å². The highest BCUT2D eigenvalue weighted by atomic mass is 16.7. The van der Waals surface area contributed by atoms with E-state index in [2.05, 4.69) is 17.2 Å². The fourth-order valence-electron chi connectivity index (χ4n) is 6.71. The van der Waals surface area contributed by atoms with Crippen molar-refractivity contribution in [1.82, 2.24) is 15.5 Å². The molecule has 3 aromatic rings. The number of nitrogens with zero attached hydrogens (tertiary/aromatic N) is 3.